The van der Waals surface area contributed by atoms with E-state index in [0.29, 0.717) is 0 Å². The van der Waals surface area contributed by atoms with Crippen LogP contribution in [0.15, 0.2) is 61.2 Å². The lowest BCUT2D eigenvalue weighted by atomic mass is 9.73. The number of amides is 1. The van der Waals surface area contributed by atoms with Crippen LogP contribution in [0.3, 0.4) is 0 Å². The van der Waals surface area contributed by atoms with Gasteiger partial charge in [-0.3, -0.25) is 4.79 Å². The molecule has 0 atom stereocenters. The Bertz CT molecular complexity index is 781. The van der Waals surface area contributed by atoms with E-state index in [9.17, 15) is 4.79 Å². The van der Waals surface area contributed by atoms with Crippen LogP contribution < -0.4 is 10.6 Å². The number of carbonyl (C=O) groups excluding carboxylic acids is 1. The second-order valence-corrected chi connectivity index (χ2v) is 7.91. The summed E-state index contributed by atoms with van der Waals surface area (Å²) in [6.07, 6.45) is 8.24. The first kappa shape index (κ1) is 21.3. The topological polar surface area (TPSA) is 41.1 Å². The molecule has 3 rings (SSSR count). The minimum Gasteiger partial charge on any atom is -0.355 e. The van der Waals surface area contributed by atoms with Crippen LogP contribution in [0.5, 0.6) is 0 Å². The normalized spacial score (nSPS) is 13.6. The summed E-state index contributed by atoms with van der Waals surface area (Å²) in [4.78, 5) is 13.7. The fraction of sp³-hybridized carbons (Fsp3) is 0.423. The van der Waals surface area contributed by atoms with Gasteiger partial charge in [-0.25, -0.2) is 0 Å². The predicted molar refractivity (Wildman–Crippen MR) is 122 cm³/mol. The van der Waals surface area contributed by atoms with Gasteiger partial charge in [0.25, 0.3) is 0 Å². The summed E-state index contributed by atoms with van der Waals surface area (Å²) in [6, 6.07) is 16.8. The van der Waals surface area contributed by atoms with Crippen LogP contribution >= 0.6 is 0 Å². The number of rotatable bonds is 12. The zero-order valence-corrected chi connectivity index (χ0v) is 17.7. The summed E-state index contributed by atoms with van der Waals surface area (Å²) in [5, 5.41) is 6.66. The number of nitrogens with one attached hydrogen (secondary N) is 2. The molecule has 0 aliphatic heterocycles. The first-order valence-electron chi connectivity index (χ1n) is 11.0. The molecule has 2 N–H and O–H groups in total. The molecule has 0 fully saturated rings. The van der Waals surface area contributed by atoms with Gasteiger partial charge in [0, 0.05) is 13.1 Å². The largest absolute Gasteiger partial charge is 0.355 e. The molecule has 0 radical (unpaired) electrons. The summed E-state index contributed by atoms with van der Waals surface area (Å²) >= 11 is 0. The van der Waals surface area contributed by atoms with Gasteiger partial charge in [0.15, 0.2) is 0 Å². The monoisotopic (exact) mass is 390 g/mol. The maximum atomic E-state index is 13.7. The van der Waals surface area contributed by atoms with Crippen molar-refractivity contribution in [1.82, 2.24) is 10.6 Å². The van der Waals surface area contributed by atoms with Crippen LogP contribution in [-0.4, -0.2) is 25.5 Å². The van der Waals surface area contributed by atoms with E-state index in [1.54, 1.807) is 0 Å². The van der Waals surface area contributed by atoms with Crippen molar-refractivity contribution in [1.29, 1.82) is 0 Å². The quantitative estimate of drug-likeness (QED) is 0.386. The van der Waals surface area contributed by atoms with Crippen LogP contribution in [0, 0.1) is 0 Å². The average molecular weight is 391 g/mol. The standard InChI is InChI=1S/C26H34N2O/c1-3-5-6-11-20-28-25(29)26(17-12-19-27-18-4-2)23-15-9-7-13-21(23)22-14-8-10-16-24(22)26/h4,7-10,13-16,27H,2-3,5-6,11-12,17-20H2,1H3,(H,28,29). The summed E-state index contributed by atoms with van der Waals surface area (Å²) in [5.74, 6) is 0.148. The highest BCUT2D eigenvalue weighted by atomic mass is 16.2. The first-order chi connectivity index (χ1) is 14.3. The third-order valence-electron chi connectivity index (χ3n) is 5.96. The number of carbonyl (C=O) groups is 1. The molecule has 3 heteroatoms. The van der Waals surface area contributed by atoms with Crippen molar-refractivity contribution in [3.63, 3.8) is 0 Å². The minimum atomic E-state index is -0.603. The van der Waals surface area contributed by atoms with Crippen molar-refractivity contribution in [2.24, 2.45) is 0 Å². The highest BCUT2D eigenvalue weighted by Crippen LogP contribution is 2.51. The molecule has 2 aromatic carbocycles. The van der Waals surface area contributed by atoms with Crippen molar-refractivity contribution < 1.29 is 4.79 Å². The van der Waals surface area contributed by atoms with Crippen molar-refractivity contribution in [2.45, 2.75) is 50.9 Å². The number of hydrogen-bond acceptors (Lipinski definition) is 2. The lowest BCUT2D eigenvalue weighted by molar-refractivity contribution is -0.125. The molecule has 2 aromatic rings. The maximum absolute atomic E-state index is 13.7. The zero-order valence-electron chi connectivity index (χ0n) is 17.7. The molecule has 0 saturated heterocycles. The molecule has 1 aliphatic rings. The second-order valence-electron chi connectivity index (χ2n) is 7.91. The Morgan fingerprint density at radius 2 is 1.59 bits per heavy atom. The fourth-order valence-corrected chi connectivity index (χ4v) is 4.54. The first-order valence-corrected chi connectivity index (χ1v) is 11.0. The van der Waals surface area contributed by atoms with Crippen molar-refractivity contribution in [3.8, 4) is 11.1 Å². The minimum absolute atomic E-state index is 0.148. The number of benzene rings is 2. The van der Waals surface area contributed by atoms with Gasteiger partial charge in [0.2, 0.25) is 5.91 Å². The molecule has 1 aliphatic carbocycles. The van der Waals surface area contributed by atoms with Gasteiger partial charge in [-0.15, -0.1) is 6.58 Å². The van der Waals surface area contributed by atoms with Gasteiger partial charge in [0.1, 0.15) is 5.41 Å². The zero-order chi connectivity index (χ0) is 20.5. The van der Waals surface area contributed by atoms with E-state index < -0.39 is 5.41 Å². The van der Waals surface area contributed by atoms with E-state index in [2.05, 4.69) is 72.7 Å². The third-order valence-corrected chi connectivity index (χ3v) is 5.96. The molecule has 0 bridgehead atoms. The van der Waals surface area contributed by atoms with Gasteiger partial charge in [-0.2, -0.15) is 0 Å². The Morgan fingerprint density at radius 3 is 2.21 bits per heavy atom. The Morgan fingerprint density at radius 1 is 0.931 bits per heavy atom. The summed E-state index contributed by atoms with van der Waals surface area (Å²) < 4.78 is 0. The van der Waals surface area contributed by atoms with Gasteiger partial charge in [-0.05, 0) is 48.1 Å². The molecule has 29 heavy (non-hydrogen) atoms. The van der Waals surface area contributed by atoms with E-state index in [4.69, 9.17) is 0 Å². The lowest BCUT2D eigenvalue weighted by Gasteiger charge is -2.31. The molecule has 0 saturated carbocycles. The smallest absolute Gasteiger partial charge is 0.235 e. The molecular formula is C26H34N2O. The molecule has 1 amide bonds. The summed E-state index contributed by atoms with van der Waals surface area (Å²) in [5.41, 5.74) is 4.09. The molecule has 0 aromatic heterocycles. The van der Waals surface area contributed by atoms with Crippen molar-refractivity contribution >= 4 is 5.91 Å². The lowest BCUT2D eigenvalue weighted by Crippen LogP contribution is -2.45. The highest BCUT2D eigenvalue weighted by Gasteiger charge is 2.48. The molecule has 0 unspecified atom stereocenters. The maximum Gasteiger partial charge on any atom is 0.235 e. The third kappa shape index (κ3) is 4.45. The van der Waals surface area contributed by atoms with Gasteiger partial charge in [-0.1, -0.05) is 80.8 Å². The Balaban J connectivity index is 1.89. The van der Waals surface area contributed by atoms with E-state index in [1.165, 1.54) is 30.4 Å². The summed E-state index contributed by atoms with van der Waals surface area (Å²) in [7, 11) is 0. The van der Waals surface area contributed by atoms with E-state index >= 15 is 0 Å². The van der Waals surface area contributed by atoms with Crippen LogP contribution in [0.4, 0.5) is 0 Å². The van der Waals surface area contributed by atoms with Crippen LogP contribution in [0.1, 0.15) is 56.6 Å². The van der Waals surface area contributed by atoms with Gasteiger partial charge in [0.05, 0.1) is 0 Å². The van der Waals surface area contributed by atoms with E-state index in [-0.39, 0.29) is 5.91 Å². The Hall–Kier alpha value is -2.39. The fourth-order valence-electron chi connectivity index (χ4n) is 4.54. The number of unbranched alkanes of at least 4 members (excludes halogenated alkanes) is 3. The van der Waals surface area contributed by atoms with Crippen molar-refractivity contribution in [2.75, 3.05) is 19.6 Å². The highest BCUT2D eigenvalue weighted by molar-refractivity contribution is 6.00. The molecule has 0 spiro atoms. The van der Waals surface area contributed by atoms with E-state index in [0.717, 1.165) is 50.0 Å². The predicted octanol–water partition coefficient (Wildman–Crippen LogP) is 5.21. The molecule has 3 nitrogen and oxygen atoms in total. The Labute approximate surface area is 175 Å². The SMILES string of the molecule is C=CCNCCCC1(C(=O)NCCCCCC)c2ccccc2-c2ccccc21. The van der Waals surface area contributed by atoms with Crippen LogP contribution in [-0.2, 0) is 10.2 Å². The van der Waals surface area contributed by atoms with Gasteiger partial charge >= 0.3 is 0 Å². The number of hydrogen-bond donors (Lipinski definition) is 2. The molecule has 154 valence electrons. The van der Waals surface area contributed by atoms with Crippen molar-refractivity contribution in [3.05, 3.63) is 72.3 Å². The second kappa shape index (κ2) is 10.4. The van der Waals surface area contributed by atoms with Crippen LogP contribution in [0.2, 0.25) is 0 Å². The van der Waals surface area contributed by atoms with Crippen LogP contribution in [0.25, 0.3) is 11.1 Å². The average Bonchev–Trinajstić information content (AvgIpc) is 3.04. The number of fused-ring (bicyclic) bond motifs is 3. The summed E-state index contributed by atoms with van der Waals surface area (Å²) in [6.45, 7) is 8.40. The van der Waals surface area contributed by atoms with E-state index in [1.807, 2.05) is 6.08 Å². The Kier molecular flexibility index (Phi) is 7.65. The molecular weight excluding hydrogens is 356 g/mol. The molecule has 0 heterocycles. The van der Waals surface area contributed by atoms with Gasteiger partial charge < -0.3 is 10.6 Å².